The van der Waals surface area contributed by atoms with Gasteiger partial charge in [-0.05, 0) is 0 Å². The molecule has 0 spiro atoms. The van der Waals surface area contributed by atoms with E-state index in [1.807, 2.05) is 0 Å². The van der Waals surface area contributed by atoms with Gasteiger partial charge < -0.3 is 5.11 Å². The minimum Gasteiger partial charge on any atom is -0.396 e. The molecule has 0 unspecified atom stereocenters. The Kier molecular flexibility index (Phi) is 5.75. The standard InChI is InChI=1S/C5H7NOS.H2O4S/c7-2-1-5-3-6-4-8-5;1-5(2,3)4/h3-4,7H,1-2H2;(H2,1,2,3,4). The lowest BCUT2D eigenvalue weighted by molar-refractivity contribution is 0.300. The summed E-state index contributed by atoms with van der Waals surface area (Å²) in [5.74, 6) is 0. The third-order valence-electron chi connectivity index (χ3n) is 0.842. The minimum absolute atomic E-state index is 0.224. The van der Waals surface area contributed by atoms with E-state index >= 15 is 0 Å². The SMILES string of the molecule is O=S(=O)(O)O.OCCc1cncs1. The molecular formula is C5H9NO5S2. The molecule has 0 saturated carbocycles. The second-order valence-corrected chi connectivity index (χ2v) is 3.76. The van der Waals surface area contributed by atoms with Crippen molar-refractivity contribution in [3.05, 3.63) is 16.6 Å². The van der Waals surface area contributed by atoms with Crippen molar-refractivity contribution >= 4 is 21.7 Å². The fourth-order valence-corrected chi connectivity index (χ4v) is 1.06. The van der Waals surface area contributed by atoms with Crippen LogP contribution in [0.2, 0.25) is 0 Å². The molecule has 13 heavy (non-hydrogen) atoms. The molecule has 0 aliphatic rings. The molecule has 1 heterocycles. The number of hydrogen-bond acceptors (Lipinski definition) is 5. The van der Waals surface area contributed by atoms with Crippen LogP contribution in [0.1, 0.15) is 4.88 Å². The molecule has 76 valence electrons. The smallest absolute Gasteiger partial charge is 0.394 e. The van der Waals surface area contributed by atoms with Crippen molar-refractivity contribution < 1.29 is 22.6 Å². The second-order valence-electron chi connectivity index (χ2n) is 1.89. The Morgan fingerprint density at radius 3 is 2.31 bits per heavy atom. The van der Waals surface area contributed by atoms with Crippen LogP contribution in [0.4, 0.5) is 0 Å². The Balaban J connectivity index is 0.000000252. The molecule has 0 aliphatic heterocycles. The third-order valence-corrected chi connectivity index (χ3v) is 1.68. The lowest BCUT2D eigenvalue weighted by Crippen LogP contribution is -1.89. The molecule has 0 radical (unpaired) electrons. The largest absolute Gasteiger partial charge is 0.396 e. The zero-order valence-electron chi connectivity index (χ0n) is 6.49. The molecule has 0 aliphatic carbocycles. The number of hydrogen-bond donors (Lipinski definition) is 3. The van der Waals surface area contributed by atoms with E-state index in [4.69, 9.17) is 22.6 Å². The summed E-state index contributed by atoms with van der Waals surface area (Å²) in [4.78, 5) is 4.99. The van der Waals surface area contributed by atoms with Crippen LogP contribution in [-0.2, 0) is 16.8 Å². The van der Waals surface area contributed by atoms with E-state index < -0.39 is 10.4 Å². The fourth-order valence-electron chi connectivity index (χ4n) is 0.476. The van der Waals surface area contributed by atoms with Gasteiger partial charge in [0, 0.05) is 24.1 Å². The van der Waals surface area contributed by atoms with Crippen LogP contribution in [-0.4, -0.2) is 34.2 Å². The molecule has 1 rings (SSSR count). The number of rotatable bonds is 2. The predicted molar refractivity (Wildman–Crippen MR) is 47.1 cm³/mol. The van der Waals surface area contributed by atoms with Gasteiger partial charge in [0.25, 0.3) is 0 Å². The highest BCUT2D eigenvalue weighted by atomic mass is 32.3. The lowest BCUT2D eigenvalue weighted by Gasteiger charge is -1.84. The molecule has 1 aromatic rings. The summed E-state index contributed by atoms with van der Waals surface area (Å²) in [5, 5.41) is 8.42. The van der Waals surface area contributed by atoms with Gasteiger partial charge in [-0.15, -0.1) is 11.3 Å². The van der Waals surface area contributed by atoms with Crippen LogP contribution < -0.4 is 0 Å². The Labute approximate surface area is 79.5 Å². The summed E-state index contributed by atoms with van der Waals surface area (Å²) in [6.45, 7) is 0.224. The minimum atomic E-state index is -4.67. The molecular weight excluding hydrogens is 218 g/mol. The molecule has 0 saturated heterocycles. The zero-order valence-corrected chi connectivity index (χ0v) is 8.12. The Morgan fingerprint density at radius 1 is 1.46 bits per heavy atom. The summed E-state index contributed by atoms with van der Waals surface area (Å²) in [7, 11) is -4.67. The van der Waals surface area contributed by atoms with Gasteiger partial charge in [-0.25, -0.2) is 0 Å². The summed E-state index contributed by atoms with van der Waals surface area (Å²) >= 11 is 1.58. The first-order valence-corrected chi connectivity index (χ1v) is 5.39. The Hall–Kier alpha value is -0.540. The van der Waals surface area contributed by atoms with Gasteiger partial charge in [0.2, 0.25) is 0 Å². The average molecular weight is 227 g/mol. The maximum atomic E-state index is 8.74. The van der Waals surface area contributed by atoms with Crippen LogP contribution in [0, 0.1) is 0 Å². The van der Waals surface area contributed by atoms with Gasteiger partial charge >= 0.3 is 10.4 Å². The highest BCUT2D eigenvalue weighted by Crippen LogP contribution is 2.04. The highest BCUT2D eigenvalue weighted by Gasteiger charge is 1.89. The van der Waals surface area contributed by atoms with Gasteiger partial charge in [0.05, 0.1) is 5.51 Å². The Morgan fingerprint density at radius 2 is 2.00 bits per heavy atom. The zero-order chi connectivity index (χ0) is 10.3. The predicted octanol–water partition coefficient (Wildman–Crippen LogP) is 0.0251. The highest BCUT2D eigenvalue weighted by molar-refractivity contribution is 7.79. The number of nitrogens with zero attached hydrogens (tertiary/aromatic N) is 1. The molecule has 3 N–H and O–H groups in total. The van der Waals surface area contributed by atoms with E-state index in [1.54, 1.807) is 23.0 Å². The quantitative estimate of drug-likeness (QED) is 0.615. The topological polar surface area (TPSA) is 108 Å². The van der Waals surface area contributed by atoms with E-state index in [0.29, 0.717) is 0 Å². The van der Waals surface area contributed by atoms with Gasteiger partial charge in [0.1, 0.15) is 0 Å². The van der Waals surface area contributed by atoms with Crippen LogP contribution in [0.5, 0.6) is 0 Å². The number of thiazole rings is 1. The maximum absolute atomic E-state index is 8.74. The first-order valence-electron chi connectivity index (χ1n) is 3.11. The first-order chi connectivity index (χ1) is 5.93. The van der Waals surface area contributed by atoms with E-state index in [0.717, 1.165) is 11.3 Å². The van der Waals surface area contributed by atoms with Crippen molar-refractivity contribution in [2.24, 2.45) is 0 Å². The van der Waals surface area contributed by atoms with Gasteiger partial charge in [-0.3, -0.25) is 14.1 Å². The summed E-state index contributed by atoms with van der Waals surface area (Å²) in [6.07, 6.45) is 2.52. The molecule has 1 aromatic heterocycles. The summed E-state index contributed by atoms with van der Waals surface area (Å²) < 4.78 is 31.6. The first kappa shape index (κ1) is 12.5. The fraction of sp³-hybridized carbons (Fsp3) is 0.400. The van der Waals surface area contributed by atoms with E-state index in [9.17, 15) is 0 Å². The van der Waals surface area contributed by atoms with Crippen LogP contribution >= 0.6 is 11.3 Å². The number of aliphatic hydroxyl groups is 1. The van der Waals surface area contributed by atoms with Crippen LogP contribution in [0.3, 0.4) is 0 Å². The number of aliphatic hydroxyl groups excluding tert-OH is 1. The Bertz CT molecular complexity index is 298. The van der Waals surface area contributed by atoms with Crippen molar-refractivity contribution in [3.63, 3.8) is 0 Å². The van der Waals surface area contributed by atoms with Crippen molar-refractivity contribution in [1.29, 1.82) is 0 Å². The van der Waals surface area contributed by atoms with Crippen molar-refractivity contribution in [1.82, 2.24) is 4.98 Å². The second kappa shape index (κ2) is 6.00. The third kappa shape index (κ3) is 11.5. The molecule has 0 atom stereocenters. The van der Waals surface area contributed by atoms with Gasteiger partial charge in [-0.2, -0.15) is 8.42 Å². The molecule has 8 heteroatoms. The van der Waals surface area contributed by atoms with Crippen molar-refractivity contribution in [2.75, 3.05) is 6.61 Å². The molecule has 0 aromatic carbocycles. The average Bonchev–Trinajstić information content (AvgIpc) is 2.36. The summed E-state index contributed by atoms with van der Waals surface area (Å²) in [5.41, 5.74) is 1.77. The molecule has 0 fully saturated rings. The van der Waals surface area contributed by atoms with E-state index in [1.165, 1.54) is 0 Å². The summed E-state index contributed by atoms with van der Waals surface area (Å²) in [6, 6.07) is 0. The maximum Gasteiger partial charge on any atom is 0.394 e. The van der Waals surface area contributed by atoms with E-state index in [2.05, 4.69) is 4.98 Å². The lowest BCUT2D eigenvalue weighted by atomic mass is 10.4. The monoisotopic (exact) mass is 227 g/mol. The normalized spacial score (nSPS) is 10.4. The van der Waals surface area contributed by atoms with E-state index in [-0.39, 0.29) is 6.61 Å². The van der Waals surface area contributed by atoms with Crippen LogP contribution in [0.25, 0.3) is 0 Å². The number of aromatic nitrogens is 1. The molecule has 6 nitrogen and oxygen atoms in total. The van der Waals surface area contributed by atoms with Crippen molar-refractivity contribution in [2.45, 2.75) is 6.42 Å². The van der Waals surface area contributed by atoms with Gasteiger partial charge in [0.15, 0.2) is 0 Å². The van der Waals surface area contributed by atoms with Crippen molar-refractivity contribution in [3.8, 4) is 0 Å². The van der Waals surface area contributed by atoms with Crippen LogP contribution in [0.15, 0.2) is 11.7 Å². The molecule has 0 bridgehead atoms. The molecule has 0 amide bonds. The van der Waals surface area contributed by atoms with Gasteiger partial charge in [-0.1, -0.05) is 0 Å².